The first-order valence-corrected chi connectivity index (χ1v) is 8.06. The number of anilines is 2. The molecule has 0 aliphatic carbocycles. The van der Waals surface area contributed by atoms with Crippen LogP contribution in [0.1, 0.15) is 29.4 Å². The van der Waals surface area contributed by atoms with Gasteiger partial charge in [-0.1, -0.05) is 43.3 Å². The number of H-pyrrole nitrogens is 1. The Morgan fingerprint density at radius 2 is 1.78 bits per heavy atom. The van der Waals surface area contributed by atoms with Gasteiger partial charge in [0.2, 0.25) is 5.95 Å². The first-order chi connectivity index (χ1) is 11.2. The lowest BCUT2D eigenvalue weighted by atomic mass is 10.0. The van der Waals surface area contributed by atoms with Crippen LogP contribution in [0.2, 0.25) is 0 Å². The lowest BCUT2D eigenvalue weighted by molar-refractivity contribution is 0.860. The molecule has 0 unspecified atom stereocenters. The quantitative estimate of drug-likeness (QED) is 0.717. The number of rotatable bonds is 6. The molecule has 0 spiro atoms. The minimum Gasteiger partial charge on any atom is -0.323 e. The Hall–Kier alpha value is -2.62. The van der Waals surface area contributed by atoms with Crippen LogP contribution in [-0.2, 0) is 19.3 Å². The second-order valence-electron chi connectivity index (χ2n) is 5.71. The van der Waals surface area contributed by atoms with Crippen molar-refractivity contribution in [2.24, 2.45) is 0 Å². The molecule has 0 saturated heterocycles. The molecule has 0 atom stereocenters. The summed E-state index contributed by atoms with van der Waals surface area (Å²) in [7, 11) is 0. The van der Waals surface area contributed by atoms with Crippen LogP contribution in [0.15, 0.2) is 48.5 Å². The molecule has 2 N–H and O–H groups in total. The molecule has 0 fully saturated rings. The summed E-state index contributed by atoms with van der Waals surface area (Å²) in [6.45, 7) is 4.29. The number of hydrogen-bond donors (Lipinski definition) is 2. The summed E-state index contributed by atoms with van der Waals surface area (Å²) < 4.78 is 0. The Labute approximate surface area is 137 Å². The molecule has 3 aromatic rings. The van der Waals surface area contributed by atoms with Gasteiger partial charge in [-0.25, -0.2) is 0 Å². The molecule has 0 aliphatic heterocycles. The third-order valence-corrected chi connectivity index (χ3v) is 4.04. The first kappa shape index (κ1) is 15.3. The molecule has 1 aromatic heterocycles. The molecule has 3 rings (SSSR count). The Morgan fingerprint density at radius 1 is 1.00 bits per heavy atom. The van der Waals surface area contributed by atoms with Gasteiger partial charge in [0.05, 0.1) is 0 Å². The first-order valence-electron chi connectivity index (χ1n) is 8.06. The smallest absolute Gasteiger partial charge is 0.246 e. The molecule has 2 aromatic carbocycles. The molecule has 0 amide bonds. The summed E-state index contributed by atoms with van der Waals surface area (Å²) in [4.78, 5) is 4.52. The van der Waals surface area contributed by atoms with Crippen molar-refractivity contribution in [2.45, 2.75) is 33.1 Å². The van der Waals surface area contributed by atoms with E-state index in [-0.39, 0.29) is 0 Å². The van der Waals surface area contributed by atoms with Crippen molar-refractivity contribution in [1.82, 2.24) is 15.2 Å². The van der Waals surface area contributed by atoms with Crippen molar-refractivity contribution in [1.29, 1.82) is 0 Å². The predicted octanol–water partition coefficient (Wildman–Crippen LogP) is 4.20. The zero-order valence-corrected chi connectivity index (χ0v) is 13.6. The topological polar surface area (TPSA) is 53.6 Å². The average Bonchev–Trinajstić information content (AvgIpc) is 3.02. The van der Waals surface area contributed by atoms with Crippen LogP contribution in [0, 0.1) is 6.92 Å². The van der Waals surface area contributed by atoms with Gasteiger partial charge >= 0.3 is 0 Å². The highest BCUT2D eigenvalue weighted by Crippen LogP contribution is 2.15. The Morgan fingerprint density at radius 3 is 2.52 bits per heavy atom. The van der Waals surface area contributed by atoms with Crippen molar-refractivity contribution in [3.05, 3.63) is 71.0 Å². The number of hydrogen-bond acceptors (Lipinski definition) is 3. The summed E-state index contributed by atoms with van der Waals surface area (Å²) in [6, 6.07) is 16.8. The molecule has 0 radical (unpaired) electrons. The minimum absolute atomic E-state index is 0.619. The predicted molar refractivity (Wildman–Crippen MR) is 94.1 cm³/mol. The van der Waals surface area contributed by atoms with Crippen LogP contribution in [0.3, 0.4) is 0 Å². The van der Waals surface area contributed by atoms with E-state index in [4.69, 9.17) is 0 Å². The Balaban J connectivity index is 1.60. The van der Waals surface area contributed by atoms with Crippen LogP contribution >= 0.6 is 0 Å². The third-order valence-electron chi connectivity index (χ3n) is 4.04. The minimum atomic E-state index is 0.619. The van der Waals surface area contributed by atoms with E-state index in [9.17, 15) is 0 Å². The van der Waals surface area contributed by atoms with Gasteiger partial charge in [-0.15, -0.1) is 5.10 Å². The molecule has 0 saturated carbocycles. The highest BCUT2D eigenvalue weighted by atomic mass is 15.3. The van der Waals surface area contributed by atoms with Crippen LogP contribution in [0.5, 0.6) is 0 Å². The number of aromatic amines is 1. The summed E-state index contributed by atoms with van der Waals surface area (Å²) in [5.41, 5.74) is 5.01. The van der Waals surface area contributed by atoms with Gasteiger partial charge < -0.3 is 5.32 Å². The monoisotopic (exact) mass is 306 g/mol. The number of aromatic nitrogens is 3. The normalized spacial score (nSPS) is 10.7. The van der Waals surface area contributed by atoms with E-state index < -0.39 is 0 Å². The molecule has 118 valence electrons. The van der Waals surface area contributed by atoms with Crippen LogP contribution in [0.25, 0.3) is 0 Å². The highest BCUT2D eigenvalue weighted by molar-refractivity contribution is 5.53. The number of nitrogens with one attached hydrogen (secondary N) is 2. The van der Waals surface area contributed by atoms with Gasteiger partial charge in [0.15, 0.2) is 0 Å². The fourth-order valence-electron chi connectivity index (χ4n) is 2.56. The van der Waals surface area contributed by atoms with E-state index in [2.05, 4.69) is 82.9 Å². The second kappa shape index (κ2) is 7.09. The molecule has 4 heteroatoms. The zero-order valence-electron chi connectivity index (χ0n) is 13.6. The maximum atomic E-state index is 4.52. The van der Waals surface area contributed by atoms with Crippen LogP contribution in [0.4, 0.5) is 11.6 Å². The summed E-state index contributed by atoms with van der Waals surface area (Å²) in [5, 5.41) is 10.5. The molecule has 0 aliphatic rings. The maximum absolute atomic E-state index is 4.52. The Bertz CT molecular complexity index is 759. The van der Waals surface area contributed by atoms with Crippen LogP contribution < -0.4 is 5.32 Å². The fourth-order valence-corrected chi connectivity index (χ4v) is 2.56. The highest BCUT2D eigenvalue weighted by Gasteiger charge is 2.05. The van der Waals surface area contributed by atoms with Crippen molar-refractivity contribution in [3.63, 3.8) is 0 Å². The van der Waals surface area contributed by atoms with Gasteiger partial charge in [0, 0.05) is 12.1 Å². The van der Waals surface area contributed by atoms with E-state index in [1.807, 2.05) is 0 Å². The summed E-state index contributed by atoms with van der Waals surface area (Å²) in [5.74, 6) is 1.52. The molecular weight excluding hydrogens is 284 g/mol. The molecule has 0 bridgehead atoms. The van der Waals surface area contributed by atoms with Gasteiger partial charge in [0.25, 0.3) is 0 Å². The van der Waals surface area contributed by atoms with E-state index in [0.717, 1.165) is 30.8 Å². The van der Waals surface area contributed by atoms with E-state index >= 15 is 0 Å². The summed E-state index contributed by atoms with van der Waals surface area (Å²) >= 11 is 0. The second-order valence-corrected chi connectivity index (χ2v) is 5.71. The SMILES string of the molecule is CCc1ccc(Nc2n[nH]c(CCc3ccccc3C)n2)cc1. The van der Waals surface area contributed by atoms with Gasteiger partial charge in [-0.05, 0) is 48.6 Å². The van der Waals surface area contributed by atoms with Gasteiger partial charge in [-0.3, -0.25) is 5.10 Å². The van der Waals surface area contributed by atoms with Gasteiger partial charge in [0.1, 0.15) is 5.82 Å². The molecule has 1 heterocycles. The van der Waals surface area contributed by atoms with Crippen molar-refractivity contribution in [3.8, 4) is 0 Å². The largest absolute Gasteiger partial charge is 0.323 e. The fraction of sp³-hybridized carbons (Fsp3) is 0.263. The third kappa shape index (κ3) is 3.97. The van der Waals surface area contributed by atoms with E-state index in [1.54, 1.807) is 0 Å². The lowest BCUT2D eigenvalue weighted by Gasteiger charge is -2.03. The summed E-state index contributed by atoms with van der Waals surface area (Å²) in [6.07, 6.45) is 2.87. The Kier molecular flexibility index (Phi) is 4.71. The molecule has 23 heavy (non-hydrogen) atoms. The van der Waals surface area contributed by atoms with Crippen molar-refractivity contribution >= 4 is 11.6 Å². The lowest BCUT2D eigenvalue weighted by Crippen LogP contribution is -1.96. The van der Waals surface area contributed by atoms with Crippen LogP contribution in [-0.4, -0.2) is 15.2 Å². The standard InChI is InChI=1S/C19H22N4/c1-3-15-8-11-17(12-9-15)20-19-21-18(22-23-19)13-10-16-7-5-4-6-14(16)2/h4-9,11-12H,3,10,13H2,1-2H3,(H2,20,21,22,23). The van der Waals surface area contributed by atoms with Crippen molar-refractivity contribution < 1.29 is 0 Å². The van der Waals surface area contributed by atoms with E-state index in [0.29, 0.717) is 5.95 Å². The number of nitrogens with zero attached hydrogens (tertiary/aromatic N) is 2. The zero-order chi connectivity index (χ0) is 16.1. The van der Waals surface area contributed by atoms with Gasteiger partial charge in [-0.2, -0.15) is 4.98 Å². The number of benzene rings is 2. The number of aryl methyl sites for hydroxylation is 4. The average molecular weight is 306 g/mol. The maximum Gasteiger partial charge on any atom is 0.246 e. The molecule has 4 nitrogen and oxygen atoms in total. The molecular formula is C19H22N4. The van der Waals surface area contributed by atoms with E-state index in [1.165, 1.54) is 16.7 Å². The van der Waals surface area contributed by atoms with Crippen molar-refractivity contribution in [2.75, 3.05) is 5.32 Å².